The van der Waals surface area contributed by atoms with Crippen molar-refractivity contribution < 1.29 is 17.9 Å². The molecule has 2 rings (SSSR count). The van der Waals surface area contributed by atoms with Gasteiger partial charge in [-0.3, -0.25) is 0 Å². The monoisotopic (exact) mass is 471 g/mol. The van der Waals surface area contributed by atoms with Gasteiger partial charge in [0, 0.05) is 13.1 Å². The van der Waals surface area contributed by atoms with Crippen LogP contribution in [0.5, 0.6) is 5.75 Å². The van der Waals surface area contributed by atoms with Gasteiger partial charge in [-0.25, -0.2) is 4.99 Å². The summed E-state index contributed by atoms with van der Waals surface area (Å²) in [6.07, 6.45) is -0.498. The molecular formula is C17H25F3IN3O. The van der Waals surface area contributed by atoms with E-state index in [9.17, 15) is 13.2 Å². The zero-order valence-electron chi connectivity index (χ0n) is 14.2. The summed E-state index contributed by atoms with van der Waals surface area (Å²) >= 11 is 0. The van der Waals surface area contributed by atoms with E-state index in [2.05, 4.69) is 20.4 Å². The van der Waals surface area contributed by atoms with Crippen molar-refractivity contribution in [2.45, 2.75) is 38.9 Å². The lowest BCUT2D eigenvalue weighted by Crippen LogP contribution is -2.37. The third-order valence-electron chi connectivity index (χ3n) is 3.63. The van der Waals surface area contributed by atoms with Gasteiger partial charge in [0.2, 0.25) is 0 Å². The molecule has 0 bridgehead atoms. The van der Waals surface area contributed by atoms with Gasteiger partial charge >= 0.3 is 6.18 Å². The highest BCUT2D eigenvalue weighted by Crippen LogP contribution is 2.31. The van der Waals surface area contributed by atoms with Crippen LogP contribution in [-0.4, -0.2) is 31.8 Å². The fraction of sp³-hybridized carbons (Fsp3) is 0.588. The van der Waals surface area contributed by atoms with Gasteiger partial charge in [-0.1, -0.05) is 25.0 Å². The molecule has 1 saturated carbocycles. The molecule has 2 N–H and O–H groups in total. The van der Waals surface area contributed by atoms with Crippen molar-refractivity contribution in [3.05, 3.63) is 29.8 Å². The predicted octanol–water partition coefficient (Wildman–Crippen LogP) is 4.10. The second-order valence-electron chi connectivity index (χ2n) is 5.90. The zero-order chi connectivity index (χ0) is 17.4. The molecule has 0 spiro atoms. The van der Waals surface area contributed by atoms with Crippen molar-refractivity contribution in [3.63, 3.8) is 0 Å². The van der Waals surface area contributed by atoms with Crippen molar-refractivity contribution in [3.8, 4) is 5.75 Å². The molecule has 1 aromatic rings. The first-order chi connectivity index (χ1) is 11.5. The third kappa shape index (κ3) is 9.76. The lowest BCUT2D eigenvalue weighted by atomic mass is 10.2. The quantitative estimate of drug-likeness (QED) is 0.341. The highest BCUT2D eigenvalue weighted by molar-refractivity contribution is 14.0. The first kappa shape index (κ1) is 21.9. The number of alkyl halides is 3. The Morgan fingerprint density at radius 2 is 1.88 bits per heavy atom. The molecule has 0 heterocycles. The van der Waals surface area contributed by atoms with Gasteiger partial charge in [-0.05, 0) is 37.0 Å². The van der Waals surface area contributed by atoms with E-state index in [-0.39, 0.29) is 29.7 Å². The number of halogens is 4. The SMILES string of the molecule is CCNC(=NCc1ccc(OCC(F)(F)F)cc1)NCCC1CC1.I. The molecule has 4 nitrogen and oxygen atoms in total. The van der Waals surface area contributed by atoms with Gasteiger partial charge < -0.3 is 15.4 Å². The van der Waals surface area contributed by atoms with E-state index in [4.69, 9.17) is 0 Å². The summed E-state index contributed by atoms with van der Waals surface area (Å²) in [4.78, 5) is 4.49. The highest BCUT2D eigenvalue weighted by atomic mass is 127. The number of nitrogens with one attached hydrogen (secondary N) is 2. The number of ether oxygens (including phenoxy) is 1. The second kappa shape index (κ2) is 10.7. The van der Waals surface area contributed by atoms with Gasteiger partial charge in [-0.2, -0.15) is 13.2 Å². The standard InChI is InChI=1S/C17H24F3N3O.HI/c1-2-21-16(22-10-9-13-3-4-13)23-11-14-5-7-15(8-6-14)24-12-17(18,19)20;/h5-8,13H,2-4,9-12H2,1H3,(H2,21,22,23);1H. The fourth-order valence-corrected chi connectivity index (χ4v) is 2.17. The molecule has 0 radical (unpaired) electrons. The topological polar surface area (TPSA) is 45.7 Å². The van der Waals surface area contributed by atoms with Crippen LogP contribution in [0.2, 0.25) is 0 Å². The Kier molecular flexibility index (Phi) is 9.37. The predicted molar refractivity (Wildman–Crippen MR) is 104 cm³/mol. The molecule has 1 aliphatic carbocycles. The van der Waals surface area contributed by atoms with Crippen LogP contribution in [0.4, 0.5) is 13.2 Å². The Balaban J connectivity index is 0.00000312. The maximum atomic E-state index is 12.1. The average Bonchev–Trinajstić information content (AvgIpc) is 3.35. The smallest absolute Gasteiger partial charge is 0.422 e. The van der Waals surface area contributed by atoms with Crippen molar-refractivity contribution >= 4 is 29.9 Å². The summed E-state index contributed by atoms with van der Waals surface area (Å²) in [5, 5.41) is 6.48. The molecule has 1 fully saturated rings. The summed E-state index contributed by atoms with van der Waals surface area (Å²) in [5.41, 5.74) is 0.911. The van der Waals surface area contributed by atoms with Crippen LogP contribution in [0.3, 0.4) is 0 Å². The second-order valence-corrected chi connectivity index (χ2v) is 5.90. The minimum absolute atomic E-state index is 0. The minimum atomic E-state index is -4.32. The molecule has 0 atom stereocenters. The summed E-state index contributed by atoms with van der Waals surface area (Å²) in [5.74, 6) is 1.83. The van der Waals surface area contributed by atoms with E-state index in [0.717, 1.165) is 37.0 Å². The molecule has 1 aliphatic rings. The van der Waals surface area contributed by atoms with E-state index in [1.807, 2.05) is 6.92 Å². The summed E-state index contributed by atoms with van der Waals surface area (Å²) in [6, 6.07) is 6.51. The molecule has 1 aromatic carbocycles. The molecule has 0 saturated heterocycles. The van der Waals surface area contributed by atoms with E-state index in [0.29, 0.717) is 6.54 Å². The molecule has 0 aliphatic heterocycles. The normalized spacial score (nSPS) is 14.6. The van der Waals surface area contributed by atoms with Crippen molar-refractivity contribution in [2.24, 2.45) is 10.9 Å². The van der Waals surface area contributed by atoms with Gasteiger partial charge in [-0.15, -0.1) is 24.0 Å². The van der Waals surface area contributed by atoms with E-state index in [1.165, 1.54) is 25.0 Å². The van der Waals surface area contributed by atoms with Gasteiger partial charge in [0.1, 0.15) is 5.75 Å². The number of hydrogen-bond donors (Lipinski definition) is 2. The van der Waals surface area contributed by atoms with Gasteiger partial charge in [0.25, 0.3) is 0 Å². The highest BCUT2D eigenvalue weighted by Gasteiger charge is 2.28. The van der Waals surface area contributed by atoms with Crippen LogP contribution >= 0.6 is 24.0 Å². The first-order valence-corrected chi connectivity index (χ1v) is 8.27. The van der Waals surface area contributed by atoms with Gasteiger partial charge in [0.15, 0.2) is 12.6 Å². The molecular weight excluding hydrogens is 446 g/mol. The average molecular weight is 471 g/mol. The largest absolute Gasteiger partial charge is 0.484 e. The lowest BCUT2D eigenvalue weighted by Gasteiger charge is -2.11. The van der Waals surface area contributed by atoms with Crippen molar-refractivity contribution in [2.75, 3.05) is 19.7 Å². The molecule has 142 valence electrons. The summed E-state index contributed by atoms with van der Waals surface area (Å²) in [6.45, 7) is 2.86. The third-order valence-corrected chi connectivity index (χ3v) is 3.63. The first-order valence-electron chi connectivity index (χ1n) is 8.27. The number of nitrogens with zero attached hydrogens (tertiary/aromatic N) is 1. The number of aliphatic imine (C=N–C) groups is 1. The Labute approximate surface area is 163 Å². The van der Waals surface area contributed by atoms with E-state index in [1.54, 1.807) is 12.1 Å². The Morgan fingerprint density at radius 3 is 2.44 bits per heavy atom. The van der Waals surface area contributed by atoms with E-state index < -0.39 is 12.8 Å². The Bertz CT molecular complexity index is 531. The van der Waals surface area contributed by atoms with Crippen LogP contribution in [0, 0.1) is 5.92 Å². The summed E-state index contributed by atoms with van der Waals surface area (Å²) in [7, 11) is 0. The summed E-state index contributed by atoms with van der Waals surface area (Å²) < 4.78 is 41.0. The Hall–Kier alpha value is -1.19. The zero-order valence-corrected chi connectivity index (χ0v) is 16.6. The number of benzene rings is 1. The van der Waals surface area contributed by atoms with Crippen LogP contribution in [0.1, 0.15) is 31.7 Å². The fourth-order valence-electron chi connectivity index (χ4n) is 2.17. The maximum absolute atomic E-state index is 12.1. The van der Waals surface area contributed by atoms with E-state index >= 15 is 0 Å². The number of guanidine groups is 1. The van der Waals surface area contributed by atoms with Crippen LogP contribution in [-0.2, 0) is 6.54 Å². The number of rotatable bonds is 8. The lowest BCUT2D eigenvalue weighted by molar-refractivity contribution is -0.153. The number of hydrogen-bond acceptors (Lipinski definition) is 2. The van der Waals surface area contributed by atoms with Crippen LogP contribution in [0.15, 0.2) is 29.3 Å². The van der Waals surface area contributed by atoms with Crippen molar-refractivity contribution in [1.29, 1.82) is 0 Å². The Morgan fingerprint density at radius 1 is 1.20 bits per heavy atom. The maximum Gasteiger partial charge on any atom is 0.422 e. The molecule has 0 amide bonds. The molecule has 0 aromatic heterocycles. The molecule has 0 unspecified atom stereocenters. The van der Waals surface area contributed by atoms with Crippen molar-refractivity contribution in [1.82, 2.24) is 10.6 Å². The minimum Gasteiger partial charge on any atom is -0.484 e. The van der Waals surface area contributed by atoms with Crippen LogP contribution in [0.25, 0.3) is 0 Å². The van der Waals surface area contributed by atoms with Crippen LogP contribution < -0.4 is 15.4 Å². The molecule has 25 heavy (non-hydrogen) atoms. The molecule has 8 heteroatoms. The van der Waals surface area contributed by atoms with Gasteiger partial charge in [0.05, 0.1) is 6.54 Å².